The van der Waals surface area contributed by atoms with Crippen LogP contribution in [0.2, 0.25) is 0 Å². The van der Waals surface area contributed by atoms with E-state index in [0.717, 1.165) is 19.6 Å². The first kappa shape index (κ1) is 11.7. The second-order valence-electron chi connectivity index (χ2n) is 3.66. The summed E-state index contributed by atoms with van der Waals surface area (Å²) in [6.45, 7) is 11.4. The first-order chi connectivity index (χ1) is 5.57. The summed E-state index contributed by atoms with van der Waals surface area (Å²) in [5, 5.41) is 0. The summed E-state index contributed by atoms with van der Waals surface area (Å²) in [5.74, 6) is 0. The summed E-state index contributed by atoms with van der Waals surface area (Å²) >= 11 is 0. The first-order valence-electron chi connectivity index (χ1n) is 4.65. The molecule has 0 aliphatic heterocycles. The van der Waals surface area contributed by atoms with Gasteiger partial charge in [0, 0.05) is 25.7 Å². The predicted octanol–water partition coefficient (Wildman–Crippen LogP) is 1.62. The molecule has 0 saturated heterocycles. The van der Waals surface area contributed by atoms with Gasteiger partial charge < -0.3 is 5.73 Å². The molecule has 2 N–H and O–H groups in total. The Morgan fingerprint density at radius 2 is 2.00 bits per heavy atom. The van der Waals surface area contributed by atoms with Crippen molar-refractivity contribution in [3.05, 3.63) is 11.6 Å². The van der Waals surface area contributed by atoms with Crippen LogP contribution in [-0.4, -0.2) is 30.6 Å². The molecule has 0 aromatic rings. The van der Waals surface area contributed by atoms with Crippen molar-refractivity contribution in [2.24, 2.45) is 5.73 Å². The molecule has 2 heteroatoms. The van der Waals surface area contributed by atoms with Crippen LogP contribution in [0.1, 0.15) is 27.7 Å². The Kier molecular flexibility index (Phi) is 6.03. The number of allylic oxidation sites excluding steroid dienone is 1. The van der Waals surface area contributed by atoms with Crippen LogP contribution in [0.25, 0.3) is 0 Å². The molecule has 0 rings (SSSR count). The Labute approximate surface area is 76.4 Å². The summed E-state index contributed by atoms with van der Waals surface area (Å²) in [5.41, 5.74) is 6.88. The van der Waals surface area contributed by atoms with E-state index in [0.29, 0.717) is 6.04 Å². The van der Waals surface area contributed by atoms with E-state index in [1.54, 1.807) is 0 Å². The number of nitrogens with zero attached hydrogens (tertiary/aromatic N) is 1. The zero-order valence-corrected chi connectivity index (χ0v) is 8.80. The van der Waals surface area contributed by atoms with Crippen LogP contribution < -0.4 is 5.73 Å². The van der Waals surface area contributed by atoms with Gasteiger partial charge in [-0.15, -0.1) is 0 Å². The van der Waals surface area contributed by atoms with E-state index in [1.807, 2.05) is 0 Å². The van der Waals surface area contributed by atoms with Gasteiger partial charge in [-0.2, -0.15) is 0 Å². The highest BCUT2D eigenvalue weighted by molar-refractivity contribution is 4.95. The second kappa shape index (κ2) is 6.21. The lowest BCUT2D eigenvalue weighted by Crippen LogP contribution is -2.35. The van der Waals surface area contributed by atoms with Crippen LogP contribution in [0, 0.1) is 0 Å². The molecular weight excluding hydrogens is 148 g/mol. The van der Waals surface area contributed by atoms with E-state index < -0.39 is 0 Å². The lowest BCUT2D eigenvalue weighted by molar-refractivity contribution is 0.252. The minimum Gasteiger partial charge on any atom is -0.329 e. The van der Waals surface area contributed by atoms with Gasteiger partial charge in [-0.25, -0.2) is 0 Å². The molecule has 0 saturated carbocycles. The van der Waals surface area contributed by atoms with Crippen molar-refractivity contribution in [1.82, 2.24) is 4.90 Å². The molecule has 72 valence electrons. The Morgan fingerprint density at radius 1 is 1.42 bits per heavy atom. The Bertz CT molecular complexity index is 135. The summed E-state index contributed by atoms with van der Waals surface area (Å²) in [4.78, 5) is 2.37. The van der Waals surface area contributed by atoms with Crippen molar-refractivity contribution in [1.29, 1.82) is 0 Å². The fraction of sp³-hybridized carbons (Fsp3) is 0.800. The lowest BCUT2D eigenvalue weighted by atomic mass is 10.2. The van der Waals surface area contributed by atoms with E-state index in [1.165, 1.54) is 5.57 Å². The molecule has 0 amide bonds. The number of nitrogens with two attached hydrogens (primary N) is 1. The van der Waals surface area contributed by atoms with Crippen LogP contribution >= 0.6 is 0 Å². The topological polar surface area (TPSA) is 29.3 Å². The molecule has 0 aromatic heterocycles. The third kappa shape index (κ3) is 5.33. The fourth-order valence-electron chi connectivity index (χ4n) is 1.03. The van der Waals surface area contributed by atoms with Crippen molar-refractivity contribution < 1.29 is 0 Å². The highest BCUT2D eigenvalue weighted by atomic mass is 15.1. The zero-order valence-electron chi connectivity index (χ0n) is 8.80. The number of rotatable bonds is 5. The molecule has 0 aliphatic carbocycles. The van der Waals surface area contributed by atoms with Gasteiger partial charge in [0.25, 0.3) is 0 Å². The van der Waals surface area contributed by atoms with Crippen LogP contribution in [0.4, 0.5) is 0 Å². The maximum Gasteiger partial charge on any atom is 0.0168 e. The Morgan fingerprint density at radius 3 is 2.33 bits per heavy atom. The summed E-state index contributed by atoms with van der Waals surface area (Å²) < 4.78 is 0. The van der Waals surface area contributed by atoms with Gasteiger partial charge in [0.05, 0.1) is 0 Å². The standard InChI is InChI=1S/C10H22N2/c1-9(2)5-7-12(8-6-11)10(3)4/h5,10H,6-8,11H2,1-4H3. The average Bonchev–Trinajstić information content (AvgIpc) is 1.96. The van der Waals surface area contributed by atoms with E-state index in [2.05, 4.69) is 38.7 Å². The molecule has 0 spiro atoms. The monoisotopic (exact) mass is 170 g/mol. The van der Waals surface area contributed by atoms with Gasteiger partial charge >= 0.3 is 0 Å². The fourth-order valence-corrected chi connectivity index (χ4v) is 1.03. The maximum atomic E-state index is 5.51. The van der Waals surface area contributed by atoms with Gasteiger partial charge in [-0.05, 0) is 27.7 Å². The van der Waals surface area contributed by atoms with Gasteiger partial charge in [-0.1, -0.05) is 11.6 Å². The molecule has 2 nitrogen and oxygen atoms in total. The van der Waals surface area contributed by atoms with Crippen LogP contribution in [0.15, 0.2) is 11.6 Å². The normalized spacial score (nSPS) is 10.9. The molecule has 0 unspecified atom stereocenters. The largest absolute Gasteiger partial charge is 0.329 e. The van der Waals surface area contributed by atoms with Crippen molar-refractivity contribution in [3.63, 3.8) is 0 Å². The van der Waals surface area contributed by atoms with Crippen LogP contribution in [0.3, 0.4) is 0 Å². The third-order valence-corrected chi connectivity index (χ3v) is 1.88. The van der Waals surface area contributed by atoms with Crippen LogP contribution in [0.5, 0.6) is 0 Å². The Balaban J connectivity index is 3.87. The zero-order chi connectivity index (χ0) is 9.56. The minimum absolute atomic E-state index is 0.587. The quantitative estimate of drug-likeness (QED) is 0.635. The molecule has 0 fully saturated rings. The Hall–Kier alpha value is -0.340. The average molecular weight is 170 g/mol. The van der Waals surface area contributed by atoms with Crippen molar-refractivity contribution >= 4 is 0 Å². The third-order valence-electron chi connectivity index (χ3n) is 1.88. The molecule has 0 aliphatic rings. The van der Waals surface area contributed by atoms with Gasteiger partial charge in [0.2, 0.25) is 0 Å². The van der Waals surface area contributed by atoms with E-state index in [-0.39, 0.29) is 0 Å². The summed E-state index contributed by atoms with van der Waals surface area (Å²) in [6.07, 6.45) is 2.25. The summed E-state index contributed by atoms with van der Waals surface area (Å²) in [6, 6.07) is 0.587. The molecule has 0 atom stereocenters. The van der Waals surface area contributed by atoms with Crippen LogP contribution in [-0.2, 0) is 0 Å². The first-order valence-corrected chi connectivity index (χ1v) is 4.65. The lowest BCUT2D eigenvalue weighted by Gasteiger charge is -2.24. The van der Waals surface area contributed by atoms with E-state index in [9.17, 15) is 0 Å². The van der Waals surface area contributed by atoms with Gasteiger partial charge in [0.1, 0.15) is 0 Å². The van der Waals surface area contributed by atoms with Crippen molar-refractivity contribution in [2.75, 3.05) is 19.6 Å². The summed E-state index contributed by atoms with van der Waals surface area (Å²) in [7, 11) is 0. The molecule has 0 bridgehead atoms. The van der Waals surface area contributed by atoms with Gasteiger partial charge in [0.15, 0.2) is 0 Å². The van der Waals surface area contributed by atoms with E-state index in [4.69, 9.17) is 5.73 Å². The predicted molar refractivity (Wildman–Crippen MR) is 55.2 cm³/mol. The smallest absolute Gasteiger partial charge is 0.0168 e. The molecule has 0 radical (unpaired) electrons. The SMILES string of the molecule is CC(C)=CCN(CCN)C(C)C. The molecule has 0 aromatic carbocycles. The molecule has 12 heavy (non-hydrogen) atoms. The highest BCUT2D eigenvalue weighted by Crippen LogP contribution is 1.98. The van der Waals surface area contributed by atoms with Crippen molar-refractivity contribution in [3.8, 4) is 0 Å². The molecule has 0 heterocycles. The maximum absolute atomic E-state index is 5.51. The number of hydrogen-bond acceptors (Lipinski definition) is 2. The molecular formula is C10H22N2. The number of hydrogen-bond donors (Lipinski definition) is 1. The van der Waals surface area contributed by atoms with E-state index >= 15 is 0 Å². The highest BCUT2D eigenvalue weighted by Gasteiger charge is 2.05. The van der Waals surface area contributed by atoms with Gasteiger partial charge in [-0.3, -0.25) is 4.90 Å². The van der Waals surface area contributed by atoms with Crippen molar-refractivity contribution in [2.45, 2.75) is 33.7 Å². The second-order valence-corrected chi connectivity index (χ2v) is 3.66. The minimum atomic E-state index is 0.587.